The summed E-state index contributed by atoms with van der Waals surface area (Å²) < 4.78 is 0. The molecule has 1 fully saturated rings. The van der Waals surface area contributed by atoms with E-state index in [-0.39, 0.29) is 5.75 Å². The Balaban J connectivity index is 1.91. The normalized spacial score (nSPS) is 21.0. The minimum atomic E-state index is -0.962. The number of thioether (sulfide) groups is 1. The lowest BCUT2D eigenvalue weighted by atomic mass is 10.00. The van der Waals surface area contributed by atoms with Crippen molar-refractivity contribution in [3.05, 3.63) is 23.9 Å². The van der Waals surface area contributed by atoms with Crippen molar-refractivity contribution in [2.24, 2.45) is 0 Å². The Hall–Kier alpha value is -2.09. The highest BCUT2D eigenvalue weighted by Crippen LogP contribution is 2.19. The number of aryl methyl sites for hydroxylation is 1. The molecule has 0 radical (unpaired) electrons. The Morgan fingerprint density at radius 2 is 2.18 bits per heavy atom. The third-order valence-corrected chi connectivity index (χ3v) is 4.38. The summed E-state index contributed by atoms with van der Waals surface area (Å²) in [5.74, 6) is -0.821. The molecule has 1 aromatic rings. The van der Waals surface area contributed by atoms with Gasteiger partial charge in [0.15, 0.2) is 0 Å². The molecular weight excluding hydrogens is 304 g/mol. The van der Waals surface area contributed by atoms with E-state index in [0.717, 1.165) is 10.6 Å². The van der Waals surface area contributed by atoms with Gasteiger partial charge in [-0.15, -0.1) is 0 Å². The highest BCUT2D eigenvalue weighted by atomic mass is 32.2. The number of aromatic nitrogens is 1. The predicted molar refractivity (Wildman–Crippen MR) is 81.9 cm³/mol. The van der Waals surface area contributed by atoms with Crippen molar-refractivity contribution in [1.29, 1.82) is 0 Å². The number of nitrogens with one attached hydrogen (secondary N) is 2. The monoisotopic (exact) mass is 322 g/mol. The zero-order chi connectivity index (χ0) is 16.3. The third-order valence-electron chi connectivity index (χ3n) is 3.44. The summed E-state index contributed by atoms with van der Waals surface area (Å²) >= 11 is 1.24. The second-order valence-electron chi connectivity index (χ2n) is 5.25. The van der Waals surface area contributed by atoms with Gasteiger partial charge in [-0.2, -0.15) is 5.01 Å². The van der Waals surface area contributed by atoms with E-state index in [9.17, 15) is 14.4 Å². The molecule has 2 heterocycles. The average Bonchev–Trinajstić information content (AvgIpc) is 2.71. The first kappa shape index (κ1) is 16.3. The molecule has 8 heteroatoms. The molecular formula is C14H18N4O3S. The summed E-state index contributed by atoms with van der Waals surface area (Å²) in [6.07, 6.45) is 2.16. The van der Waals surface area contributed by atoms with Gasteiger partial charge in [-0.05, 0) is 31.9 Å². The topological polar surface area (TPSA) is 91.4 Å². The molecule has 22 heavy (non-hydrogen) atoms. The predicted octanol–water partition coefficient (Wildman–Crippen LogP) is 1.23. The summed E-state index contributed by atoms with van der Waals surface area (Å²) in [5, 5.41) is 4.02. The van der Waals surface area contributed by atoms with Crippen LogP contribution < -0.4 is 10.7 Å². The molecule has 4 amide bonds. The van der Waals surface area contributed by atoms with Gasteiger partial charge in [-0.3, -0.25) is 15.0 Å². The van der Waals surface area contributed by atoms with Crippen LogP contribution in [0.25, 0.3) is 0 Å². The summed E-state index contributed by atoms with van der Waals surface area (Å²) in [7, 11) is 0. The second kappa shape index (κ2) is 6.35. The van der Waals surface area contributed by atoms with Gasteiger partial charge < -0.3 is 5.32 Å². The number of urea groups is 1. The molecule has 1 aromatic heterocycles. The molecule has 1 atom stereocenters. The van der Waals surface area contributed by atoms with E-state index in [1.807, 2.05) is 19.1 Å². The summed E-state index contributed by atoms with van der Waals surface area (Å²) in [6.45, 7) is 5.35. The van der Waals surface area contributed by atoms with Crippen molar-refractivity contribution in [1.82, 2.24) is 20.7 Å². The molecule has 2 rings (SSSR count). The van der Waals surface area contributed by atoms with E-state index < -0.39 is 23.4 Å². The Labute approximate surface area is 132 Å². The zero-order valence-corrected chi connectivity index (χ0v) is 13.5. The smallest absolute Gasteiger partial charge is 0.322 e. The van der Waals surface area contributed by atoms with Crippen molar-refractivity contribution >= 4 is 29.6 Å². The highest BCUT2D eigenvalue weighted by Gasteiger charge is 2.47. The summed E-state index contributed by atoms with van der Waals surface area (Å²) in [6, 6.07) is 3.10. The molecule has 0 spiro atoms. The Bertz CT molecular complexity index is 605. The van der Waals surface area contributed by atoms with E-state index in [0.29, 0.717) is 11.4 Å². The van der Waals surface area contributed by atoms with Crippen LogP contribution in [0.3, 0.4) is 0 Å². The van der Waals surface area contributed by atoms with Gasteiger partial charge in [0.1, 0.15) is 5.54 Å². The standard InChI is InChI=1S/C14H18N4O3S/c1-4-14(3)12(20)18(13(21)16-14)17-10(19)8-22-11-6-5-9(2)7-15-11/h5-7H,4,8H2,1-3H3,(H,16,21)(H,17,19). The van der Waals surface area contributed by atoms with Gasteiger partial charge in [-0.25, -0.2) is 9.78 Å². The summed E-state index contributed by atoms with van der Waals surface area (Å²) in [5.41, 5.74) is 2.41. The first-order valence-corrected chi connectivity index (χ1v) is 7.86. The third kappa shape index (κ3) is 3.38. The molecule has 2 N–H and O–H groups in total. The van der Waals surface area contributed by atoms with Crippen LogP contribution in [-0.4, -0.2) is 39.1 Å². The fourth-order valence-corrected chi connectivity index (χ4v) is 2.50. The lowest BCUT2D eigenvalue weighted by Gasteiger charge is -2.19. The number of hydrogen-bond donors (Lipinski definition) is 2. The van der Waals surface area contributed by atoms with Crippen molar-refractivity contribution in [3.8, 4) is 0 Å². The van der Waals surface area contributed by atoms with Crippen LogP contribution in [0, 0.1) is 6.92 Å². The maximum Gasteiger partial charge on any atom is 0.344 e. The van der Waals surface area contributed by atoms with Crippen molar-refractivity contribution in [3.63, 3.8) is 0 Å². The first-order chi connectivity index (χ1) is 10.4. The lowest BCUT2D eigenvalue weighted by Crippen LogP contribution is -2.49. The number of carbonyl (C=O) groups is 3. The van der Waals surface area contributed by atoms with Crippen LogP contribution >= 0.6 is 11.8 Å². The van der Waals surface area contributed by atoms with E-state index in [4.69, 9.17) is 0 Å². The Morgan fingerprint density at radius 1 is 1.45 bits per heavy atom. The van der Waals surface area contributed by atoms with Crippen LogP contribution in [0.1, 0.15) is 25.8 Å². The molecule has 0 bridgehead atoms. The van der Waals surface area contributed by atoms with Gasteiger partial charge in [0.2, 0.25) is 5.91 Å². The molecule has 1 saturated heterocycles. The molecule has 0 aromatic carbocycles. The summed E-state index contributed by atoms with van der Waals surface area (Å²) in [4.78, 5) is 40.0. The lowest BCUT2D eigenvalue weighted by molar-refractivity contribution is -0.137. The quantitative estimate of drug-likeness (QED) is 0.628. The van der Waals surface area contributed by atoms with Gasteiger partial charge in [0, 0.05) is 6.20 Å². The fraction of sp³-hybridized carbons (Fsp3) is 0.429. The number of imide groups is 1. The Kier molecular flexibility index (Phi) is 4.70. The maximum absolute atomic E-state index is 12.1. The van der Waals surface area contributed by atoms with Crippen LogP contribution in [0.2, 0.25) is 0 Å². The largest absolute Gasteiger partial charge is 0.344 e. The van der Waals surface area contributed by atoms with E-state index in [1.54, 1.807) is 20.0 Å². The molecule has 1 aliphatic rings. The first-order valence-electron chi connectivity index (χ1n) is 6.87. The van der Waals surface area contributed by atoms with E-state index >= 15 is 0 Å². The van der Waals surface area contributed by atoms with Crippen LogP contribution in [0.4, 0.5) is 4.79 Å². The molecule has 1 aliphatic heterocycles. The Morgan fingerprint density at radius 3 is 2.73 bits per heavy atom. The van der Waals surface area contributed by atoms with Crippen molar-refractivity contribution in [2.75, 3.05) is 5.75 Å². The van der Waals surface area contributed by atoms with Crippen molar-refractivity contribution in [2.45, 2.75) is 37.8 Å². The molecule has 0 saturated carbocycles. The van der Waals surface area contributed by atoms with Gasteiger partial charge >= 0.3 is 6.03 Å². The fourth-order valence-electron chi connectivity index (χ4n) is 1.86. The van der Waals surface area contributed by atoms with Gasteiger partial charge in [-0.1, -0.05) is 24.8 Å². The van der Waals surface area contributed by atoms with Crippen LogP contribution in [0.15, 0.2) is 23.4 Å². The zero-order valence-electron chi connectivity index (χ0n) is 12.7. The van der Waals surface area contributed by atoms with Gasteiger partial charge in [0.05, 0.1) is 10.8 Å². The average molecular weight is 322 g/mol. The number of hydrazine groups is 1. The maximum atomic E-state index is 12.1. The van der Waals surface area contributed by atoms with Crippen LogP contribution in [-0.2, 0) is 9.59 Å². The van der Waals surface area contributed by atoms with E-state index in [1.165, 1.54) is 11.8 Å². The number of hydrogen-bond acceptors (Lipinski definition) is 5. The molecule has 7 nitrogen and oxygen atoms in total. The second-order valence-corrected chi connectivity index (χ2v) is 6.25. The molecule has 118 valence electrons. The number of rotatable bonds is 5. The molecule has 1 unspecified atom stereocenters. The number of nitrogens with zero attached hydrogens (tertiary/aromatic N) is 2. The SMILES string of the molecule is CCC1(C)NC(=O)N(NC(=O)CSc2ccc(C)cn2)C1=O. The molecule has 0 aliphatic carbocycles. The van der Waals surface area contributed by atoms with Crippen molar-refractivity contribution < 1.29 is 14.4 Å². The van der Waals surface area contributed by atoms with E-state index in [2.05, 4.69) is 15.7 Å². The number of pyridine rings is 1. The number of amides is 4. The number of carbonyl (C=O) groups excluding carboxylic acids is 3. The van der Waals surface area contributed by atoms with Gasteiger partial charge in [0.25, 0.3) is 5.91 Å². The van der Waals surface area contributed by atoms with Crippen LogP contribution in [0.5, 0.6) is 0 Å². The minimum absolute atomic E-state index is 0.0654. The highest BCUT2D eigenvalue weighted by molar-refractivity contribution is 7.99. The minimum Gasteiger partial charge on any atom is -0.322 e.